The first kappa shape index (κ1) is 19.5. The highest BCUT2D eigenvalue weighted by molar-refractivity contribution is 7.14. The summed E-state index contributed by atoms with van der Waals surface area (Å²) in [5, 5.41) is 9.88. The first-order valence-corrected chi connectivity index (χ1v) is 9.92. The highest BCUT2D eigenvalue weighted by Crippen LogP contribution is 2.30. The van der Waals surface area contributed by atoms with Crippen molar-refractivity contribution in [3.63, 3.8) is 0 Å². The Morgan fingerprint density at radius 2 is 2.04 bits per heavy atom. The summed E-state index contributed by atoms with van der Waals surface area (Å²) in [6.45, 7) is 6.08. The normalized spacial score (nSPS) is 11.6. The number of hydrogen-bond acceptors (Lipinski definition) is 6. The van der Waals surface area contributed by atoms with Crippen molar-refractivity contribution in [2.45, 2.75) is 45.4 Å². The predicted octanol–water partition coefficient (Wildman–Crippen LogP) is 5.11. The Balaban J connectivity index is 1.50. The highest BCUT2D eigenvalue weighted by atomic mass is 35.5. The van der Waals surface area contributed by atoms with Crippen molar-refractivity contribution in [1.29, 1.82) is 0 Å². The molecular formula is C19H21ClN4O2S. The number of hydrogen-bond donors (Lipinski definition) is 1. The summed E-state index contributed by atoms with van der Waals surface area (Å²) < 4.78 is 5.24. The minimum absolute atomic E-state index is 0.0920. The lowest BCUT2D eigenvalue weighted by Gasteiger charge is -2.10. The molecule has 0 saturated heterocycles. The quantitative estimate of drug-likeness (QED) is 0.617. The van der Waals surface area contributed by atoms with Crippen molar-refractivity contribution in [1.82, 2.24) is 15.1 Å². The number of rotatable bonds is 6. The Labute approximate surface area is 167 Å². The molecule has 142 valence electrons. The molecule has 0 spiro atoms. The van der Waals surface area contributed by atoms with Gasteiger partial charge in [-0.15, -0.1) is 11.3 Å². The van der Waals surface area contributed by atoms with Crippen molar-refractivity contribution in [3.05, 3.63) is 46.4 Å². The fourth-order valence-electron chi connectivity index (χ4n) is 2.37. The third kappa shape index (κ3) is 5.14. The summed E-state index contributed by atoms with van der Waals surface area (Å²) in [7, 11) is 0. The molecule has 0 aliphatic carbocycles. The fourth-order valence-corrected chi connectivity index (χ4v) is 3.33. The van der Waals surface area contributed by atoms with Crippen LogP contribution < -0.4 is 5.32 Å². The Bertz CT molecular complexity index is 930. The second-order valence-corrected chi connectivity index (χ2v) is 8.45. The summed E-state index contributed by atoms with van der Waals surface area (Å²) in [5.41, 5.74) is 1.45. The molecule has 1 amide bonds. The van der Waals surface area contributed by atoms with Gasteiger partial charge in [-0.25, -0.2) is 4.98 Å². The number of amides is 1. The van der Waals surface area contributed by atoms with Crippen molar-refractivity contribution < 1.29 is 9.32 Å². The van der Waals surface area contributed by atoms with E-state index in [-0.39, 0.29) is 11.3 Å². The number of carbonyl (C=O) groups excluding carboxylic acids is 1. The molecule has 2 aromatic heterocycles. The van der Waals surface area contributed by atoms with E-state index in [4.69, 9.17) is 16.1 Å². The van der Waals surface area contributed by atoms with E-state index in [2.05, 4.69) is 20.4 Å². The maximum atomic E-state index is 12.1. The number of anilines is 1. The zero-order valence-corrected chi connectivity index (χ0v) is 17.0. The molecule has 6 nitrogen and oxygen atoms in total. The number of nitrogens with one attached hydrogen (secondary N) is 1. The molecule has 0 atom stereocenters. The molecule has 3 rings (SSSR count). The SMILES string of the molecule is CC(C)(C)c1noc(CCCC(=O)Nc2nc(-c3ccccc3Cl)cs2)n1. The Morgan fingerprint density at radius 1 is 1.26 bits per heavy atom. The van der Waals surface area contributed by atoms with Gasteiger partial charge in [-0.2, -0.15) is 4.98 Å². The van der Waals surface area contributed by atoms with Gasteiger partial charge >= 0.3 is 0 Å². The lowest BCUT2D eigenvalue weighted by molar-refractivity contribution is -0.116. The van der Waals surface area contributed by atoms with E-state index >= 15 is 0 Å². The van der Waals surface area contributed by atoms with Crippen LogP contribution in [0.3, 0.4) is 0 Å². The van der Waals surface area contributed by atoms with Crippen molar-refractivity contribution in [2.75, 3.05) is 5.32 Å². The Hall–Kier alpha value is -2.25. The number of halogens is 1. The van der Waals surface area contributed by atoms with Gasteiger partial charge in [-0.05, 0) is 12.5 Å². The standard InChI is InChI=1S/C19H21ClN4O2S/c1-19(2,3)17-23-16(26-24-17)10-6-9-15(25)22-18-21-14(11-27-18)12-7-4-5-8-13(12)20/h4-5,7-8,11H,6,9-10H2,1-3H3,(H,21,22,25). The number of nitrogens with zero attached hydrogens (tertiary/aromatic N) is 3. The molecular weight excluding hydrogens is 384 g/mol. The third-order valence-electron chi connectivity index (χ3n) is 3.83. The van der Waals surface area contributed by atoms with Crippen molar-refractivity contribution >= 4 is 34.0 Å². The van der Waals surface area contributed by atoms with Crippen LogP contribution in [0.4, 0.5) is 5.13 Å². The zero-order chi connectivity index (χ0) is 19.4. The van der Waals surface area contributed by atoms with Crippen LogP contribution in [0.25, 0.3) is 11.3 Å². The van der Waals surface area contributed by atoms with Gasteiger partial charge in [-0.3, -0.25) is 4.79 Å². The molecule has 0 bridgehead atoms. The first-order valence-electron chi connectivity index (χ1n) is 8.66. The summed E-state index contributed by atoms with van der Waals surface area (Å²) in [4.78, 5) is 21.0. The van der Waals surface area contributed by atoms with E-state index in [1.54, 1.807) is 0 Å². The fraction of sp³-hybridized carbons (Fsp3) is 0.368. The maximum absolute atomic E-state index is 12.1. The van der Waals surface area contributed by atoms with Gasteiger partial charge in [0.1, 0.15) is 0 Å². The molecule has 0 radical (unpaired) electrons. The van der Waals surface area contributed by atoms with Crippen LogP contribution in [0.15, 0.2) is 34.2 Å². The molecule has 1 aromatic carbocycles. The number of carbonyl (C=O) groups is 1. The Kier molecular flexibility index (Phi) is 5.92. The average molecular weight is 405 g/mol. The molecule has 0 fully saturated rings. The number of aryl methyl sites for hydroxylation is 1. The maximum Gasteiger partial charge on any atom is 0.226 e. The van der Waals surface area contributed by atoms with Gasteiger partial charge in [0.15, 0.2) is 11.0 Å². The van der Waals surface area contributed by atoms with Gasteiger partial charge in [0.2, 0.25) is 11.8 Å². The minimum Gasteiger partial charge on any atom is -0.339 e. The summed E-state index contributed by atoms with van der Waals surface area (Å²) >= 11 is 7.56. The van der Waals surface area contributed by atoms with Crippen LogP contribution in [-0.4, -0.2) is 21.0 Å². The molecule has 8 heteroatoms. The summed E-state index contributed by atoms with van der Waals surface area (Å²) in [6, 6.07) is 7.49. The van der Waals surface area contributed by atoms with Crippen LogP contribution in [0.2, 0.25) is 5.02 Å². The predicted molar refractivity (Wildman–Crippen MR) is 107 cm³/mol. The monoisotopic (exact) mass is 404 g/mol. The largest absolute Gasteiger partial charge is 0.339 e. The first-order chi connectivity index (χ1) is 12.8. The molecule has 0 aliphatic rings. The van der Waals surface area contributed by atoms with Gasteiger partial charge in [0, 0.05) is 34.2 Å². The highest BCUT2D eigenvalue weighted by Gasteiger charge is 2.20. The van der Waals surface area contributed by atoms with E-state index in [0.717, 1.165) is 11.3 Å². The Morgan fingerprint density at radius 3 is 2.74 bits per heavy atom. The van der Waals surface area contributed by atoms with E-state index in [1.807, 2.05) is 50.4 Å². The van der Waals surface area contributed by atoms with Gasteiger partial charge in [0.05, 0.1) is 5.69 Å². The van der Waals surface area contributed by atoms with Gasteiger partial charge < -0.3 is 9.84 Å². The second kappa shape index (κ2) is 8.19. The zero-order valence-electron chi connectivity index (χ0n) is 15.5. The third-order valence-corrected chi connectivity index (χ3v) is 4.92. The molecule has 2 heterocycles. The van der Waals surface area contributed by atoms with E-state index in [9.17, 15) is 4.79 Å². The van der Waals surface area contributed by atoms with Crippen molar-refractivity contribution in [3.8, 4) is 11.3 Å². The molecule has 27 heavy (non-hydrogen) atoms. The van der Waals surface area contributed by atoms with Crippen LogP contribution >= 0.6 is 22.9 Å². The van der Waals surface area contributed by atoms with Crippen molar-refractivity contribution in [2.24, 2.45) is 0 Å². The van der Waals surface area contributed by atoms with Crippen LogP contribution in [0, 0.1) is 0 Å². The van der Waals surface area contributed by atoms with Gasteiger partial charge in [0.25, 0.3) is 0 Å². The van der Waals surface area contributed by atoms with Crippen LogP contribution in [0.5, 0.6) is 0 Å². The van der Waals surface area contributed by atoms with Crippen LogP contribution in [-0.2, 0) is 16.6 Å². The number of aromatic nitrogens is 3. The molecule has 1 N–H and O–H groups in total. The molecule has 0 unspecified atom stereocenters. The summed E-state index contributed by atoms with van der Waals surface area (Å²) in [6.07, 6.45) is 1.55. The second-order valence-electron chi connectivity index (χ2n) is 7.18. The van der Waals surface area contributed by atoms with E-state index in [1.165, 1.54) is 11.3 Å². The smallest absolute Gasteiger partial charge is 0.226 e. The lowest BCUT2D eigenvalue weighted by Crippen LogP contribution is -2.13. The minimum atomic E-state index is -0.149. The summed E-state index contributed by atoms with van der Waals surface area (Å²) in [5.74, 6) is 1.14. The van der Waals surface area contributed by atoms with E-state index < -0.39 is 0 Å². The topological polar surface area (TPSA) is 80.9 Å². The number of benzene rings is 1. The van der Waals surface area contributed by atoms with Gasteiger partial charge in [-0.1, -0.05) is 55.7 Å². The molecule has 0 saturated carbocycles. The molecule has 3 aromatic rings. The number of thiazole rings is 1. The lowest BCUT2D eigenvalue weighted by atomic mass is 9.96. The molecule has 0 aliphatic heterocycles. The average Bonchev–Trinajstić information content (AvgIpc) is 3.24. The van der Waals surface area contributed by atoms with Crippen LogP contribution in [0.1, 0.15) is 45.3 Å². The van der Waals surface area contributed by atoms with E-state index in [0.29, 0.717) is 41.1 Å².